The van der Waals surface area contributed by atoms with Crippen molar-refractivity contribution < 1.29 is 9.53 Å². The zero-order chi connectivity index (χ0) is 9.14. The van der Waals surface area contributed by atoms with Gasteiger partial charge in [-0.3, -0.25) is 4.79 Å². The number of ether oxygens (including phenoxy) is 1. The fraction of sp³-hybridized carbons (Fsp3) is 0.375. The van der Waals surface area contributed by atoms with Gasteiger partial charge < -0.3 is 9.30 Å². The molecule has 0 spiro atoms. The van der Waals surface area contributed by atoms with Crippen LogP contribution in [-0.2, 0) is 16.6 Å². The van der Waals surface area contributed by atoms with Crippen LogP contribution in [0.15, 0.2) is 18.5 Å². The highest BCUT2D eigenvalue weighted by Crippen LogP contribution is 2.21. The summed E-state index contributed by atoms with van der Waals surface area (Å²) in [5.74, 6) is -0.428. The number of alkyl halides is 1. The van der Waals surface area contributed by atoms with Crippen molar-refractivity contribution in [1.82, 2.24) is 4.57 Å². The van der Waals surface area contributed by atoms with E-state index < -0.39 is 11.3 Å². The average molecular weight is 188 g/mol. The highest BCUT2D eigenvalue weighted by Gasteiger charge is 2.18. The third-order valence-electron chi connectivity index (χ3n) is 1.56. The van der Waals surface area contributed by atoms with Gasteiger partial charge in [-0.1, -0.05) is 0 Å². The van der Waals surface area contributed by atoms with Crippen molar-refractivity contribution in [2.45, 2.75) is 5.38 Å². The van der Waals surface area contributed by atoms with E-state index in [2.05, 4.69) is 4.74 Å². The smallest absolute Gasteiger partial charge is 0.328 e. The molecule has 66 valence electrons. The van der Waals surface area contributed by atoms with E-state index in [1.54, 1.807) is 12.3 Å². The lowest BCUT2D eigenvalue weighted by atomic mass is 10.2. The number of methoxy groups -OCH3 is 1. The Morgan fingerprint density at radius 1 is 1.75 bits per heavy atom. The first-order valence-electron chi connectivity index (χ1n) is 3.49. The van der Waals surface area contributed by atoms with Crippen LogP contribution in [0.5, 0.6) is 0 Å². The lowest BCUT2D eigenvalue weighted by Crippen LogP contribution is -2.07. The van der Waals surface area contributed by atoms with Crippen molar-refractivity contribution in [3.8, 4) is 0 Å². The fourth-order valence-electron chi connectivity index (χ4n) is 0.914. The Kier molecular flexibility index (Phi) is 2.76. The van der Waals surface area contributed by atoms with Crippen molar-refractivity contribution in [1.29, 1.82) is 0 Å². The van der Waals surface area contributed by atoms with Crippen molar-refractivity contribution in [2.75, 3.05) is 7.11 Å². The number of esters is 1. The molecule has 0 fully saturated rings. The van der Waals surface area contributed by atoms with Crippen LogP contribution in [0.4, 0.5) is 0 Å². The predicted molar refractivity (Wildman–Crippen MR) is 46.0 cm³/mol. The van der Waals surface area contributed by atoms with Crippen LogP contribution >= 0.6 is 11.6 Å². The minimum absolute atomic E-state index is 0.428. The van der Waals surface area contributed by atoms with Crippen LogP contribution in [0.3, 0.4) is 0 Å². The van der Waals surface area contributed by atoms with Gasteiger partial charge in [0.2, 0.25) is 0 Å². The van der Waals surface area contributed by atoms with E-state index in [0.717, 1.165) is 5.56 Å². The third-order valence-corrected chi connectivity index (χ3v) is 1.99. The van der Waals surface area contributed by atoms with E-state index in [0.29, 0.717) is 0 Å². The van der Waals surface area contributed by atoms with Crippen LogP contribution in [0.1, 0.15) is 10.9 Å². The molecule has 0 saturated heterocycles. The van der Waals surface area contributed by atoms with Crippen LogP contribution in [0, 0.1) is 0 Å². The summed E-state index contributed by atoms with van der Waals surface area (Å²) in [5.41, 5.74) is 0.756. The maximum absolute atomic E-state index is 11.0. The number of aryl methyl sites for hydroxylation is 1. The molecule has 1 aromatic heterocycles. The molecule has 0 aromatic carbocycles. The zero-order valence-electron chi connectivity index (χ0n) is 6.95. The van der Waals surface area contributed by atoms with Crippen molar-refractivity contribution in [3.63, 3.8) is 0 Å². The van der Waals surface area contributed by atoms with E-state index in [4.69, 9.17) is 11.6 Å². The van der Waals surface area contributed by atoms with Gasteiger partial charge in [-0.15, -0.1) is 11.6 Å². The molecule has 0 bridgehead atoms. The molecule has 0 amide bonds. The Bertz CT molecular complexity index is 282. The summed E-state index contributed by atoms with van der Waals surface area (Å²) in [7, 11) is 3.19. The van der Waals surface area contributed by atoms with Gasteiger partial charge in [-0.05, 0) is 11.6 Å². The van der Waals surface area contributed by atoms with Gasteiger partial charge >= 0.3 is 5.97 Å². The Hall–Kier alpha value is -0.960. The Morgan fingerprint density at radius 3 is 2.83 bits per heavy atom. The van der Waals surface area contributed by atoms with E-state index in [1.807, 2.05) is 17.8 Å². The molecule has 0 aliphatic heterocycles. The minimum atomic E-state index is -0.698. The molecule has 4 heteroatoms. The second kappa shape index (κ2) is 3.63. The van der Waals surface area contributed by atoms with E-state index in [9.17, 15) is 4.79 Å². The Morgan fingerprint density at radius 2 is 2.42 bits per heavy atom. The molecular formula is C8H10ClNO2. The number of carbonyl (C=O) groups excluding carboxylic acids is 1. The number of hydrogen-bond donors (Lipinski definition) is 0. The number of rotatable bonds is 2. The molecule has 1 rings (SSSR count). The van der Waals surface area contributed by atoms with E-state index in [1.165, 1.54) is 7.11 Å². The molecule has 0 aliphatic carbocycles. The first-order chi connectivity index (χ1) is 5.65. The summed E-state index contributed by atoms with van der Waals surface area (Å²) in [6.45, 7) is 0. The normalized spacial score (nSPS) is 12.6. The second-order valence-corrected chi connectivity index (χ2v) is 2.93. The highest BCUT2D eigenvalue weighted by atomic mass is 35.5. The Labute approximate surface area is 75.9 Å². The van der Waals surface area contributed by atoms with Gasteiger partial charge in [-0.25, -0.2) is 0 Å². The average Bonchev–Trinajstić information content (AvgIpc) is 2.49. The summed E-state index contributed by atoms with van der Waals surface area (Å²) in [6.07, 6.45) is 3.61. The van der Waals surface area contributed by atoms with E-state index in [-0.39, 0.29) is 0 Å². The number of aromatic nitrogens is 1. The lowest BCUT2D eigenvalue weighted by Gasteiger charge is -2.03. The van der Waals surface area contributed by atoms with Crippen molar-refractivity contribution in [2.24, 2.45) is 7.05 Å². The molecule has 1 heterocycles. The summed E-state index contributed by atoms with van der Waals surface area (Å²) >= 11 is 5.78. The fourth-order valence-corrected chi connectivity index (χ4v) is 1.13. The largest absolute Gasteiger partial charge is 0.468 e. The standard InChI is InChI=1S/C8H10ClNO2/c1-10-4-3-6(5-10)7(9)8(11)12-2/h3-5,7H,1-2H3. The number of carbonyl (C=O) groups is 1. The van der Waals surface area contributed by atoms with Gasteiger partial charge in [0.25, 0.3) is 0 Å². The summed E-state index contributed by atoms with van der Waals surface area (Å²) < 4.78 is 6.32. The first kappa shape index (κ1) is 9.13. The minimum Gasteiger partial charge on any atom is -0.468 e. The van der Waals surface area contributed by atoms with Crippen LogP contribution in [0.2, 0.25) is 0 Å². The summed E-state index contributed by atoms with van der Waals surface area (Å²) in [5, 5.41) is -0.698. The zero-order valence-corrected chi connectivity index (χ0v) is 7.71. The van der Waals surface area contributed by atoms with E-state index >= 15 is 0 Å². The van der Waals surface area contributed by atoms with Crippen molar-refractivity contribution in [3.05, 3.63) is 24.0 Å². The summed E-state index contributed by atoms with van der Waals surface area (Å²) in [6, 6.07) is 1.79. The maximum atomic E-state index is 11.0. The van der Waals surface area contributed by atoms with Crippen LogP contribution in [0.25, 0.3) is 0 Å². The molecule has 0 saturated carbocycles. The molecule has 0 radical (unpaired) electrons. The topological polar surface area (TPSA) is 31.2 Å². The molecule has 1 unspecified atom stereocenters. The molecular weight excluding hydrogens is 178 g/mol. The van der Waals surface area contributed by atoms with Crippen molar-refractivity contribution >= 4 is 17.6 Å². The van der Waals surface area contributed by atoms with Gasteiger partial charge in [0, 0.05) is 19.4 Å². The van der Waals surface area contributed by atoms with Crippen LogP contribution < -0.4 is 0 Å². The lowest BCUT2D eigenvalue weighted by molar-refractivity contribution is -0.140. The molecule has 12 heavy (non-hydrogen) atoms. The quantitative estimate of drug-likeness (QED) is 0.519. The molecule has 1 atom stereocenters. The monoisotopic (exact) mass is 187 g/mol. The second-order valence-electron chi connectivity index (χ2n) is 2.50. The number of nitrogens with zero attached hydrogens (tertiary/aromatic N) is 1. The van der Waals surface area contributed by atoms with Crippen LogP contribution in [-0.4, -0.2) is 17.6 Å². The van der Waals surface area contributed by atoms with Gasteiger partial charge in [-0.2, -0.15) is 0 Å². The SMILES string of the molecule is COC(=O)C(Cl)c1ccn(C)c1. The summed E-state index contributed by atoms with van der Waals surface area (Å²) in [4.78, 5) is 11.0. The Balaban J connectivity index is 2.77. The molecule has 0 aliphatic rings. The molecule has 3 nitrogen and oxygen atoms in total. The number of halogens is 1. The number of hydrogen-bond acceptors (Lipinski definition) is 2. The maximum Gasteiger partial charge on any atom is 0.328 e. The predicted octanol–water partition coefficient (Wildman–Crippen LogP) is 1.48. The van der Waals surface area contributed by atoms with Gasteiger partial charge in [0.1, 0.15) is 0 Å². The first-order valence-corrected chi connectivity index (χ1v) is 3.92. The molecule has 1 aromatic rings. The van der Waals surface area contributed by atoms with Gasteiger partial charge in [0.05, 0.1) is 7.11 Å². The third kappa shape index (κ3) is 1.80. The molecule has 0 N–H and O–H groups in total. The highest BCUT2D eigenvalue weighted by molar-refractivity contribution is 6.29. The van der Waals surface area contributed by atoms with Gasteiger partial charge in [0.15, 0.2) is 5.38 Å².